The number of hydrogen-bond acceptors (Lipinski definition) is 23. The lowest BCUT2D eigenvalue weighted by atomic mass is 9.96. The Balaban J connectivity index is 2.09. The van der Waals surface area contributed by atoms with Gasteiger partial charge in [0.1, 0.15) is 60.5 Å². The summed E-state index contributed by atoms with van der Waals surface area (Å²) in [6, 6.07) is -10.5. The van der Waals surface area contributed by atoms with E-state index in [2.05, 4.69) is 68.8 Å². The number of aliphatic carboxylic acids is 1. The van der Waals surface area contributed by atoms with Gasteiger partial charge in [-0.15, -0.1) is 0 Å². The molecule has 13 atom stereocenters. The van der Waals surface area contributed by atoms with E-state index in [0.717, 1.165) is 37.2 Å². The average Bonchev–Trinajstić information content (AvgIpc) is 1.61. The molecule has 12 amide bonds. The molecule has 0 bridgehead atoms. The van der Waals surface area contributed by atoms with Gasteiger partial charge in [-0.1, -0.05) is 51.8 Å². The van der Waals surface area contributed by atoms with E-state index in [1.807, 2.05) is 6.07 Å². The van der Waals surface area contributed by atoms with E-state index >= 15 is 0 Å². The van der Waals surface area contributed by atoms with E-state index in [0.29, 0.717) is 6.42 Å². The highest BCUT2D eigenvalue weighted by Gasteiger charge is 2.39. The number of carboxylic acids is 1. The Labute approximate surface area is 538 Å². The van der Waals surface area contributed by atoms with E-state index in [1.54, 1.807) is 31.3 Å². The van der Waals surface area contributed by atoms with Crippen molar-refractivity contribution in [2.45, 2.75) is 185 Å². The second kappa shape index (κ2) is 38.9. The monoisotopic (exact) mass is 1340 g/mol. The van der Waals surface area contributed by atoms with Gasteiger partial charge in [0.25, 0.3) is 0 Å². The predicted octanol–water partition coefficient (Wildman–Crippen LogP) is -8.84. The van der Waals surface area contributed by atoms with Gasteiger partial charge in [0.05, 0.1) is 32.5 Å². The fraction of sp³-hybridized carbons (Fsp3) is 0.614. The van der Waals surface area contributed by atoms with Gasteiger partial charge in [0, 0.05) is 54.9 Å². The third-order valence-electron chi connectivity index (χ3n) is 14.6. The Morgan fingerprint density at radius 1 is 0.660 bits per heavy atom. The average molecular weight is 1340 g/mol. The first-order valence-corrected chi connectivity index (χ1v) is 30.1. The van der Waals surface area contributed by atoms with E-state index < -0.39 is 232 Å². The van der Waals surface area contributed by atoms with Crippen molar-refractivity contribution in [3.05, 3.63) is 36.0 Å². The number of esters is 1. The molecule has 2 heterocycles. The molecule has 3 rings (SSSR count). The number of benzene rings is 1. The minimum Gasteiger partial charge on any atom is -0.481 e. The van der Waals surface area contributed by atoms with Crippen LogP contribution in [-0.2, 0) is 78.3 Å². The van der Waals surface area contributed by atoms with Crippen LogP contribution in [0.3, 0.4) is 0 Å². The zero-order valence-electron chi connectivity index (χ0n) is 52.6. The van der Waals surface area contributed by atoms with Crippen LogP contribution in [-0.4, -0.2) is 240 Å². The lowest BCUT2D eigenvalue weighted by molar-refractivity contribution is -0.156. The molecule has 1 saturated heterocycles. The van der Waals surface area contributed by atoms with Crippen LogP contribution in [0.15, 0.2) is 30.5 Å². The van der Waals surface area contributed by atoms with Crippen molar-refractivity contribution < 1.29 is 113 Å². The van der Waals surface area contributed by atoms with Crippen molar-refractivity contribution in [3.63, 3.8) is 0 Å². The first-order valence-electron chi connectivity index (χ1n) is 30.1. The molecule has 1 aliphatic heterocycles. The number of aliphatic hydroxyl groups is 7. The summed E-state index contributed by atoms with van der Waals surface area (Å²) in [5, 5.41) is 107. The second-order valence-electron chi connectivity index (χ2n) is 22.7. The number of rotatable bonds is 23. The SMILES string of the molecule is CCCCC1NC(=O)CNC(=O)C(NC(=O)C(CC(=O)O)NC(=O)C(CC(N)=O)NC(=O)C(C)Cc2c[nH]c3ccccc23)C(C)OC(=O)C(C)NC(=O)C(C(C)CC(O)O)NC(=O)C(CO)NC(=O)CNCC(CC(O)O)NC(=O)C(C)NC(=O)C(CC(O)O)NC1=O. The Morgan fingerprint density at radius 2 is 1.26 bits per heavy atom. The summed E-state index contributed by atoms with van der Waals surface area (Å²) in [6.45, 7) is 4.45. The molecule has 524 valence electrons. The van der Waals surface area contributed by atoms with Gasteiger partial charge in [-0.2, -0.15) is 0 Å². The first-order chi connectivity index (χ1) is 44.1. The normalized spacial score (nSPS) is 23.8. The van der Waals surface area contributed by atoms with Gasteiger partial charge in [-0.3, -0.25) is 62.3 Å². The third-order valence-corrected chi connectivity index (χ3v) is 14.6. The molecule has 0 saturated carbocycles. The van der Waals surface area contributed by atoms with Crippen molar-refractivity contribution in [1.29, 1.82) is 0 Å². The lowest BCUT2D eigenvalue weighted by Crippen LogP contribution is -2.61. The fourth-order valence-electron chi connectivity index (χ4n) is 9.53. The number of H-pyrrole nitrogens is 1. The highest BCUT2D eigenvalue weighted by molar-refractivity contribution is 6.00. The number of primary amides is 1. The number of nitrogens with two attached hydrogens (primary N) is 1. The molecule has 1 aromatic heterocycles. The van der Waals surface area contributed by atoms with E-state index in [-0.39, 0.29) is 25.8 Å². The summed E-state index contributed by atoms with van der Waals surface area (Å²) in [7, 11) is 0. The van der Waals surface area contributed by atoms with Gasteiger partial charge in [0.15, 0.2) is 18.9 Å². The Kier molecular flexibility index (Phi) is 32.8. The van der Waals surface area contributed by atoms with Crippen LogP contribution in [0, 0.1) is 11.8 Å². The molecule has 0 aliphatic carbocycles. The molecule has 37 nitrogen and oxygen atoms in total. The Bertz CT molecular complexity index is 2980. The maximum absolute atomic E-state index is 14.3. The van der Waals surface area contributed by atoms with Crippen molar-refractivity contribution in [1.82, 2.24) is 68.8 Å². The van der Waals surface area contributed by atoms with E-state index in [1.165, 1.54) is 13.8 Å². The molecule has 94 heavy (non-hydrogen) atoms. The van der Waals surface area contributed by atoms with Crippen LogP contribution in [0.1, 0.15) is 98.5 Å². The Hall–Kier alpha value is -8.98. The van der Waals surface area contributed by atoms with Crippen molar-refractivity contribution in [2.75, 3.05) is 26.2 Å². The first kappa shape index (κ1) is 79.3. The summed E-state index contributed by atoms with van der Waals surface area (Å²) >= 11 is 0. The van der Waals surface area contributed by atoms with Crippen molar-refractivity contribution in [2.24, 2.45) is 17.6 Å². The second-order valence-corrected chi connectivity index (χ2v) is 22.7. The number of ether oxygens (including phenoxy) is 1. The zero-order valence-corrected chi connectivity index (χ0v) is 52.6. The predicted molar refractivity (Wildman–Crippen MR) is 324 cm³/mol. The van der Waals surface area contributed by atoms with Crippen molar-refractivity contribution >= 4 is 93.7 Å². The lowest BCUT2D eigenvalue weighted by Gasteiger charge is -2.29. The molecule has 13 unspecified atom stereocenters. The van der Waals surface area contributed by atoms with Gasteiger partial charge in [-0.25, -0.2) is 4.79 Å². The van der Waals surface area contributed by atoms with Crippen LogP contribution < -0.4 is 69.5 Å². The third kappa shape index (κ3) is 26.9. The quantitative estimate of drug-likeness (QED) is 0.0363. The number of para-hydroxylation sites is 1. The van der Waals surface area contributed by atoms with Gasteiger partial charge in [0.2, 0.25) is 70.9 Å². The molecular weight excluding hydrogens is 1250 g/mol. The molecule has 37 heteroatoms. The molecule has 1 fully saturated rings. The smallest absolute Gasteiger partial charge is 0.328 e. The molecule has 23 N–H and O–H groups in total. The highest BCUT2D eigenvalue weighted by Crippen LogP contribution is 2.21. The van der Waals surface area contributed by atoms with Crippen LogP contribution in [0.25, 0.3) is 10.9 Å². The number of unbranched alkanes of at least 4 members (excludes halogenated alkanes) is 1. The maximum atomic E-state index is 14.3. The number of carboxylic acid groups (broad SMARTS) is 1. The number of amides is 12. The van der Waals surface area contributed by atoms with E-state index in [4.69, 9.17) is 10.5 Å². The summed E-state index contributed by atoms with van der Waals surface area (Å²) in [5.74, 6) is -19.1. The summed E-state index contributed by atoms with van der Waals surface area (Å²) in [5.41, 5.74) is 6.92. The number of nitrogens with one attached hydrogen (secondary N) is 13. The highest BCUT2D eigenvalue weighted by atomic mass is 16.5. The van der Waals surface area contributed by atoms with E-state index in [9.17, 15) is 108 Å². The fourth-order valence-corrected chi connectivity index (χ4v) is 9.53. The minimum atomic E-state index is -2.25. The largest absolute Gasteiger partial charge is 0.481 e. The van der Waals surface area contributed by atoms with Gasteiger partial charge >= 0.3 is 11.9 Å². The maximum Gasteiger partial charge on any atom is 0.328 e. The topological polar surface area (TPSA) is 596 Å². The number of fused-ring (bicyclic) bond motifs is 1. The number of aliphatic hydroxyl groups excluding tert-OH is 4. The van der Waals surface area contributed by atoms with Crippen LogP contribution in [0.5, 0.6) is 0 Å². The number of carbonyl (C=O) groups is 14. The summed E-state index contributed by atoms with van der Waals surface area (Å²) < 4.78 is 5.51. The molecule has 1 aromatic carbocycles. The number of aromatic nitrogens is 1. The zero-order chi connectivity index (χ0) is 70.7. The number of cyclic esters (lactones) is 1. The van der Waals surface area contributed by atoms with Crippen molar-refractivity contribution in [3.8, 4) is 0 Å². The Morgan fingerprint density at radius 3 is 1.87 bits per heavy atom. The van der Waals surface area contributed by atoms with Gasteiger partial charge in [-0.05, 0) is 51.2 Å². The molecular formula is C57H88N14O23. The number of carbonyl (C=O) groups excluding carboxylic acids is 13. The minimum absolute atomic E-state index is 0.127. The molecule has 1 aliphatic rings. The number of aromatic amines is 1. The van der Waals surface area contributed by atoms with Crippen LogP contribution in [0.4, 0.5) is 0 Å². The summed E-state index contributed by atoms with van der Waals surface area (Å²) in [4.78, 5) is 193. The van der Waals surface area contributed by atoms with Gasteiger partial charge < -0.3 is 120 Å². The standard InChI is InChI=1S/C57H88N14O23/c1-7-8-12-34-50(86)68-36(18-44(80)81)51(87)62-27(4)49(85)64-31(16-43(78)79)21-59-22-40(74)66-38(24-72)54(90)70-46(25(2)15-42(76)77)56(92)63-28(5)57(93)94-29(6)47(55(91)61-23-41(75)65-34)71-53(89)37(19-45(82)83)69-52(88)35(17-39(58)73)67-48(84)26(3)14-30-20-60-33-13-10-9-11-32(30)33/h9-11,13,20,25-29,31,34-38,42-44,46-47,59-60,72,76-81H,7-8,12,14-19,21-24H2,1-6H3,(H2,58,73)(H,61,91)(H,62,87)(H,63,92)(H,64,85)(H,65,75)(H,66,74)(H,67,84)(H,68,86)(H,69,88)(H,70,90)(H,71,89)(H,82,83). The summed E-state index contributed by atoms with van der Waals surface area (Å²) in [6.07, 6.45) is -10.2. The molecule has 0 spiro atoms. The molecule has 0 radical (unpaired) electrons. The number of hydrogen-bond donors (Lipinski definition) is 22. The molecule has 2 aromatic rings. The van der Waals surface area contributed by atoms with Crippen LogP contribution in [0.2, 0.25) is 0 Å². The van der Waals surface area contributed by atoms with Crippen LogP contribution >= 0.6 is 0 Å².